The van der Waals surface area contributed by atoms with Crippen molar-refractivity contribution in [3.8, 4) is 5.75 Å². The molecule has 1 aromatic carbocycles. The Hall–Kier alpha value is -3.36. The number of amides is 3. The molecule has 3 saturated carbocycles. The lowest BCUT2D eigenvalue weighted by atomic mass is 9.43. The molecule has 0 spiro atoms. The molecule has 0 radical (unpaired) electrons. The fourth-order valence-electron chi connectivity index (χ4n) is 8.18. The number of hydrogen-bond donors (Lipinski definition) is 2. The molecule has 5 unspecified atom stereocenters. The maximum atomic E-state index is 13.7. The summed E-state index contributed by atoms with van der Waals surface area (Å²) in [6.45, 7) is 19.3. The summed E-state index contributed by atoms with van der Waals surface area (Å²) < 4.78 is 30.1. The van der Waals surface area contributed by atoms with Gasteiger partial charge in [-0.25, -0.2) is 9.59 Å². The molecule has 14 heteroatoms. The van der Waals surface area contributed by atoms with Crippen LogP contribution in [0.3, 0.4) is 0 Å². The van der Waals surface area contributed by atoms with E-state index in [0.717, 1.165) is 12.8 Å². The molecule has 2 bridgehead atoms. The molecule has 2 saturated heterocycles. The van der Waals surface area contributed by atoms with Gasteiger partial charge in [0.15, 0.2) is 0 Å². The highest BCUT2D eigenvalue weighted by atomic mass is 16.7. The average Bonchev–Trinajstić information content (AvgIpc) is 3.37. The standard InChI is InChI=1S/C37H57BN4O9/c1-34(2,3)48-32(45)25-13-11-12-23(31(25)47-10)18-28(38-50-27-20-24-19-26(36(24,7)8)37(27,9)51-38)40-29(43)21-42-17-16-41(22-30(42)44)15-14-39-33(46)49-35(4,5)6/h11-13,24,26-28H,14-22H2,1-10H3,(H,39,46)(H,40,43). The number of carbonyl (C=O) groups is 4. The molecule has 5 atom stereocenters. The lowest BCUT2D eigenvalue weighted by molar-refractivity contribution is -0.199. The van der Waals surface area contributed by atoms with Gasteiger partial charge in [0.2, 0.25) is 11.8 Å². The molecule has 2 N–H and O–H groups in total. The molecule has 5 aliphatic rings. The van der Waals surface area contributed by atoms with Crippen molar-refractivity contribution in [2.75, 3.05) is 46.4 Å². The third-order valence-electron chi connectivity index (χ3n) is 10.8. The number of carbonyl (C=O) groups excluding carboxylic acids is 4. The third kappa shape index (κ3) is 8.82. The van der Waals surface area contributed by atoms with E-state index in [2.05, 4.69) is 31.4 Å². The quantitative estimate of drug-likeness (QED) is 0.258. The minimum Gasteiger partial charge on any atom is -0.496 e. The molecule has 1 aromatic rings. The van der Waals surface area contributed by atoms with Gasteiger partial charge in [-0.3, -0.25) is 14.5 Å². The van der Waals surface area contributed by atoms with Crippen molar-refractivity contribution in [2.45, 2.75) is 110 Å². The Bertz CT molecular complexity index is 1490. The second-order valence-corrected chi connectivity index (χ2v) is 17.2. The van der Waals surface area contributed by atoms with Crippen molar-refractivity contribution in [1.29, 1.82) is 0 Å². The first-order chi connectivity index (χ1) is 23.7. The first-order valence-electron chi connectivity index (χ1n) is 18.2. The Morgan fingerprint density at radius 3 is 2.37 bits per heavy atom. The Balaban J connectivity index is 1.27. The number of benzene rings is 1. The van der Waals surface area contributed by atoms with Crippen LogP contribution in [0, 0.1) is 17.3 Å². The molecule has 282 valence electrons. The number of hydrogen-bond acceptors (Lipinski definition) is 10. The second kappa shape index (κ2) is 14.6. The van der Waals surface area contributed by atoms with Crippen LogP contribution in [0.15, 0.2) is 18.2 Å². The van der Waals surface area contributed by atoms with Gasteiger partial charge in [0.05, 0.1) is 37.8 Å². The lowest BCUT2D eigenvalue weighted by Gasteiger charge is -2.64. The number of ether oxygens (including phenoxy) is 3. The van der Waals surface area contributed by atoms with Gasteiger partial charge in [-0.1, -0.05) is 26.0 Å². The lowest BCUT2D eigenvalue weighted by Crippen LogP contribution is -2.65. The number of nitrogens with zero attached hydrogens (tertiary/aromatic N) is 2. The summed E-state index contributed by atoms with van der Waals surface area (Å²) in [5.74, 6) is -0.415. The number of methoxy groups -OCH3 is 1. The predicted molar refractivity (Wildman–Crippen MR) is 191 cm³/mol. The molecule has 3 amide bonds. The zero-order valence-electron chi connectivity index (χ0n) is 32.1. The van der Waals surface area contributed by atoms with Gasteiger partial charge < -0.3 is 39.1 Å². The van der Waals surface area contributed by atoms with Crippen molar-refractivity contribution in [1.82, 2.24) is 20.4 Å². The summed E-state index contributed by atoms with van der Waals surface area (Å²) in [4.78, 5) is 55.5. The van der Waals surface area contributed by atoms with Crippen LogP contribution in [0.1, 0.15) is 91.1 Å². The summed E-state index contributed by atoms with van der Waals surface area (Å²) in [5.41, 5.74) is -0.671. The van der Waals surface area contributed by atoms with Gasteiger partial charge in [-0.15, -0.1) is 0 Å². The highest BCUT2D eigenvalue weighted by Gasteiger charge is 2.68. The van der Waals surface area contributed by atoms with E-state index in [1.807, 2.05) is 31.7 Å². The minimum absolute atomic E-state index is 0.104. The molecule has 2 heterocycles. The maximum Gasteiger partial charge on any atom is 0.482 e. The van der Waals surface area contributed by atoms with Gasteiger partial charge in [-0.05, 0) is 96.6 Å². The average molecular weight is 713 g/mol. The maximum absolute atomic E-state index is 13.7. The minimum atomic E-state index is -0.751. The SMILES string of the molecule is COc1c(CC(NC(=O)CN2CCN(CCNC(=O)OC(C)(C)C)CC2=O)B2OC3CC4CC(C4(C)C)C3(C)O2)cccc1C(=O)OC(C)(C)C. The Kier molecular flexibility index (Phi) is 11.1. The van der Waals surface area contributed by atoms with E-state index in [9.17, 15) is 19.2 Å². The fraction of sp³-hybridized carbons (Fsp3) is 0.730. The van der Waals surface area contributed by atoms with Crippen LogP contribution in [0.4, 0.5) is 4.79 Å². The van der Waals surface area contributed by atoms with E-state index < -0.39 is 41.9 Å². The van der Waals surface area contributed by atoms with Crippen LogP contribution in [0.5, 0.6) is 5.75 Å². The normalized spacial score (nSPS) is 26.5. The van der Waals surface area contributed by atoms with Gasteiger partial charge in [0, 0.05) is 26.2 Å². The summed E-state index contributed by atoms with van der Waals surface area (Å²) >= 11 is 0. The van der Waals surface area contributed by atoms with Crippen molar-refractivity contribution in [3.05, 3.63) is 29.3 Å². The molecular weight excluding hydrogens is 655 g/mol. The Morgan fingerprint density at radius 2 is 1.75 bits per heavy atom. The Morgan fingerprint density at radius 1 is 1.04 bits per heavy atom. The van der Waals surface area contributed by atoms with Crippen LogP contribution in [0.2, 0.25) is 0 Å². The smallest absolute Gasteiger partial charge is 0.482 e. The topological polar surface area (TPSA) is 145 Å². The van der Waals surface area contributed by atoms with Gasteiger partial charge in [-0.2, -0.15) is 0 Å². The van der Waals surface area contributed by atoms with E-state index in [1.54, 1.807) is 37.8 Å². The molecule has 3 aliphatic carbocycles. The number of esters is 1. The van der Waals surface area contributed by atoms with Crippen LogP contribution >= 0.6 is 0 Å². The fourth-order valence-corrected chi connectivity index (χ4v) is 8.18. The molecule has 51 heavy (non-hydrogen) atoms. The Labute approximate surface area is 302 Å². The van der Waals surface area contributed by atoms with Gasteiger partial charge in [0.25, 0.3) is 0 Å². The number of alkyl carbamates (subject to hydrolysis) is 1. The van der Waals surface area contributed by atoms with Crippen molar-refractivity contribution in [3.63, 3.8) is 0 Å². The first-order valence-corrected chi connectivity index (χ1v) is 18.2. The number of nitrogens with one attached hydrogen (secondary N) is 2. The van der Waals surface area contributed by atoms with Crippen molar-refractivity contribution < 1.29 is 42.7 Å². The monoisotopic (exact) mass is 712 g/mol. The van der Waals surface area contributed by atoms with Crippen molar-refractivity contribution >= 4 is 31.0 Å². The van der Waals surface area contributed by atoms with E-state index in [0.29, 0.717) is 49.3 Å². The van der Waals surface area contributed by atoms with Crippen LogP contribution in [0.25, 0.3) is 0 Å². The van der Waals surface area contributed by atoms with E-state index in [1.165, 1.54) is 7.11 Å². The van der Waals surface area contributed by atoms with Gasteiger partial charge in [0.1, 0.15) is 22.5 Å². The third-order valence-corrected chi connectivity index (χ3v) is 10.8. The zero-order chi connectivity index (χ0) is 37.5. The summed E-state index contributed by atoms with van der Waals surface area (Å²) in [5, 5.41) is 5.86. The van der Waals surface area contributed by atoms with Crippen LogP contribution in [-0.2, 0) is 34.8 Å². The van der Waals surface area contributed by atoms with E-state index in [4.69, 9.17) is 23.5 Å². The van der Waals surface area contributed by atoms with E-state index in [-0.39, 0.29) is 48.4 Å². The first kappa shape index (κ1) is 38.9. The zero-order valence-corrected chi connectivity index (χ0v) is 32.1. The summed E-state index contributed by atoms with van der Waals surface area (Å²) in [7, 11) is 0.756. The molecule has 5 fully saturated rings. The summed E-state index contributed by atoms with van der Waals surface area (Å²) in [6.07, 6.45) is 1.62. The molecular formula is C37H57BN4O9. The van der Waals surface area contributed by atoms with E-state index >= 15 is 0 Å². The molecule has 13 nitrogen and oxygen atoms in total. The predicted octanol–water partition coefficient (Wildman–Crippen LogP) is 3.61. The molecule has 2 aliphatic heterocycles. The number of piperazine rings is 1. The summed E-state index contributed by atoms with van der Waals surface area (Å²) in [6, 6.07) is 5.29. The highest BCUT2D eigenvalue weighted by molar-refractivity contribution is 6.48. The van der Waals surface area contributed by atoms with Gasteiger partial charge >= 0.3 is 19.2 Å². The molecule has 0 aromatic heterocycles. The number of rotatable bonds is 11. The number of para-hydroxylation sites is 1. The van der Waals surface area contributed by atoms with Crippen LogP contribution in [-0.4, -0.2) is 116 Å². The second-order valence-electron chi connectivity index (χ2n) is 17.2. The van der Waals surface area contributed by atoms with Crippen LogP contribution < -0.4 is 15.4 Å². The molecule has 6 rings (SSSR count). The van der Waals surface area contributed by atoms with Crippen molar-refractivity contribution in [2.24, 2.45) is 17.3 Å². The highest BCUT2D eigenvalue weighted by Crippen LogP contribution is 2.65. The largest absolute Gasteiger partial charge is 0.496 e.